The smallest absolute Gasteiger partial charge is 0.419 e. The molecular formula is C12H7F7N3OP3. The largest absolute Gasteiger partial charge is 0.441 e. The lowest BCUT2D eigenvalue weighted by Gasteiger charge is -2.17. The molecule has 140 valence electrons. The Kier molecular flexibility index (Phi) is 4.84. The zero-order valence-corrected chi connectivity index (χ0v) is 15.0. The van der Waals surface area contributed by atoms with Gasteiger partial charge in [0, 0.05) is 0 Å². The lowest BCUT2D eigenvalue weighted by Crippen LogP contribution is -1.89. The van der Waals surface area contributed by atoms with Crippen LogP contribution in [0.5, 0.6) is 5.75 Å². The molecule has 0 bridgehead atoms. The molecule has 2 aromatic rings. The summed E-state index contributed by atoms with van der Waals surface area (Å²) in [6.07, 6.45) is 0. The van der Waals surface area contributed by atoms with E-state index in [9.17, 15) is 29.8 Å². The van der Waals surface area contributed by atoms with E-state index in [1.165, 1.54) is 18.2 Å². The van der Waals surface area contributed by atoms with Crippen LogP contribution in [0.3, 0.4) is 0 Å². The van der Waals surface area contributed by atoms with Crippen LogP contribution < -0.4 is 4.52 Å². The summed E-state index contributed by atoms with van der Waals surface area (Å²) < 4.78 is 104. The van der Waals surface area contributed by atoms with Crippen molar-refractivity contribution in [2.24, 2.45) is 13.5 Å². The molecule has 1 aliphatic rings. The van der Waals surface area contributed by atoms with E-state index in [1.807, 2.05) is 4.52 Å². The minimum atomic E-state index is -5.86. The maximum Gasteiger partial charge on any atom is 0.441 e. The Morgan fingerprint density at radius 2 is 1.23 bits per heavy atom. The van der Waals surface area contributed by atoms with E-state index in [0.29, 0.717) is 5.56 Å². The van der Waals surface area contributed by atoms with Crippen molar-refractivity contribution in [3.8, 4) is 16.9 Å². The summed E-state index contributed by atoms with van der Waals surface area (Å²) in [4.78, 5) is 0. The molecule has 0 spiro atoms. The van der Waals surface area contributed by atoms with Crippen LogP contribution in [0.1, 0.15) is 0 Å². The highest BCUT2D eigenvalue weighted by molar-refractivity contribution is 7.77. The Balaban J connectivity index is 1.91. The summed E-state index contributed by atoms with van der Waals surface area (Å²) >= 11 is 0. The summed E-state index contributed by atoms with van der Waals surface area (Å²) in [5, 5.41) is 0. The lowest BCUT2D eigenvalue weighted by atomic mass is 10.1. The average molecular weight is 435 g/mol. The number of hydrogen-bond donors (Lipinski definition) is 0. The molecule has 1 aliphatic heterocycles. The summed E-state index contributed by atoms with van der Waals surface area (Å²) in [5.41, 5.74) is 0.645. The van der Waals surface area contributed by atoms with Gasteiger partial charge < -0.3 is 4.52 Å². The standard InChI is InChI=1S/C12H7F7N3OP3/c13-11-6-3-9(7-12(11)14)8-1-4-10(5-2-8)23-26(19)21-24(15,16)20-25(17,18)22-26/h1-7H. The number of rotatable bonds is 3. The molecule has 14 heteroatoms. The van der Waals surface area contributed by atoms with E-state index < -0.39 is 35.0 Å². The summed E-state index contributed by atoms with van der Waals surface area (Å²) in [5.74, 6) is -2.50. The van der Waals surface area contributed by atoms with Gasteiger partial charge in [0.15, 0.2) is 11.6 Å². The second-order valence-electron chi connectivity index (χ2n) is 4.90. The number of halogens is 7. The third-order valence-electron chi connectivity index (χ3n) is 2.98. The van der Waals surface area contributed by atoms with Gasteiger partial charge in [-0.2, -0.15) is 0 Å². The fraction of sp³-hybridized carbons (Fsp3) is 0. The van der Waals surface area contributed by atoms with Crippen molar-refractivity contribution in [3.63, 3.8) is 0 Å². The Bertz CT molecular complexity index is 1020. The normalized spacial score (nSPS) is 23.3. The first-order valence-corrected chi connectivity index (χ1v) is 11.1. The fourth-order valence-corrected chi connectivity index (χ4v) is 7.24. The molecule has 1 atom stereocenters. The van der Waals surface area contributed by atoms with Crippen molar-refractivity contribution >= 4 is 23.4 Å². The zero-order chi connectivity index (χ0) is 19.2. The predicted octanol–water partition coefficient (Wildman–Crippen LogP) is 8.71. The monoisotopic (exact) mass is 435 g/mol. The van der Waals surface area contributed by atoms with Crippen molar-refractivity contribution in [2.45, 2.75) is 0 Å². The zero-order valence-electron chi connectivity index (χ0n) is 12.3. The second kappa shape index (κ2) is 6.55. The Hall–Kier alpha value is -1.56. The maximum atomic E-state index is 14.3. The van der Waals surface area contributed by atoms with E-state index in [2.05, 4.69) is 13.6 Å². The van der Waals surface area contributed by atoms with Gasteiger partial charge in [0.05, 0.1) is 0 Å². The van der Waals surface area contributed by atoms with Gasteiger partial charge in [0.25, 0.3) is 0 Å². The number of nitrogens with zero attached hydrogens (tertiary/aromatic N) is 3. The van der Waals surface area contributed by atoms with Gasteiger partial charge in [0.1, 0.15) is 5.75 Å². The molecule has 0 aliphatic carbocycles. The van der Waals surface area contributed by atoms with Crippen LogP contribution in [-0.4, -0.2) is 0 Å². The molecule has 0 saturated heterocycles. The highest BCUT2D eigenvalue weighted by atomic mass is 31.3. The Morgan fingerprint density at radius 3 is 1.81 bits per heavy atom. The maximum absolute atomic E-state index is 14.3. The van der Waals surface area contributed by atoms with Gasteiger partial charge in [-0.1, -0.05) is 18.2 Å². The van der Waals surface area contributed by atoms with Gasteiger partial charge in [-0.25, -0.2) is 8.78 Å². The molecule has 0 saturated carbocycles. The van der Waals surface area contributed by atoms with E-state index in [-0.39, 0.29) is 11.3 Å². The molecule has 4 nitrogen and oxygen atoms in total. The van der Waals surface area contributed by atoms with Crippen molar-refractivity contribution in [2.75, 3.05) is 0 Å². The fourth-order valence-electron chi connectivity index (χ4n) is 2.00. The SMILES string of the molecule is Fc1ccc(-c2ccc(OP3(F)=NP(F)(F)=NP(F)(F)=N3)cc2)cc1F. The van der Waals surface area contributed by atoms with E-state index in [4.69, 9.17) is 0 Å². The van der Waals surface area contributed by atoms with Gasteiger partial charge in [-0.05, 0) is 35.4 Å². The molecule has 0 N–H and O–H groups in total. The second-order valence-corrected chi connectivity index (χ2v) is 10.00. The van der Waals surface area contributed by atoms with E-state index in [1.54, 1.807) is 0 Å². The van der Waals surface area contributed by atoms with Crippen LogP contribution in [0.4, 0.5) is 29.8 Å². The van der Waals surface area contributed by atoms with Crippen LogP contribution in [-0.2, 0) is 0 Å². The Morgan fingerprint density at radius 1 is 0.654 bits per heavy atom. The Labute approximate surface area is 143 Å². The highest BCUT2D eigenvalue weighted by Gasteiger charge is 2.41. The van der Waals surface area contributed by atoms with Crippen LogP contribution in [0.25, 0.3) is 11.1 Å². The van der Waals surface area contributed by atoms with Crippen molar-refractivity contribution < 1.29 is 34.3 Å². The summed E-state index contributed by atoms with van der Waals surface area (Å²) in [7, 11) is -17.0. The van der Waals surface area contributed by atoms with Gasteiger partial charge in [-0.15, -0.1) is 34.5 Å². The van der Waals surface area contributed by atoms with Gasteiger partial charge in [-0.3, -0.25) is 0 Å². The van der Waals surface area contributed by atoms with Gasteiger partial charge >= 0.3 is 23.4 Å². The molecule has 0 amide bonds. The van der Waals surface area contributed by atoms with Crippen LogP contribution in [0.15, 0.2) is 56.0 Å². The third-order valence-corrected chi connectivity index (χ3v) is 8.63. The minimum Gasteiger partial charge on any atom is -0.419 e. The van der Waals surface area contributed by atoms with Crippen molar-refractivity contribution in [3.05, 3.63) is 54.1 Å². The summed E-state index contributed by atoms with van der Waals surface area (Å²) in [6.45, 7) is 0. The first-order chi connectivity index (χ1) is 12.0. The molecule has 0 radical (unpaired) electrons. The van der Waals surface area contributed by atoms with E-state index >= 15 is 0 Å². The number of benzene rings is 2. The van der Waals surface area contributed by atoms with Crippen LogP contribution >= 0.6 is 23.4 Å². The highest BCUT2D eigenvalue weighted by Crippen LogP contribution is 2.81. The minimum absolute atomic E-state index is 0.279. The molecule has 1 unspecified atom stereocenters. The molecule has 1 heterocycles. The number of hydrogen-bond acceptors (Lipinski definition) is 4. The van der Waals surface area contributed by atoms with Crippen molar-refractivity contribution in [1.82, 2.24) is 0 Å². The van der Waals surface area contributed by atoms with Crippen LogP contribution in [0.2, 0.25) is 0 Å². The molecule has 3 rings (SSSR count). The molecular weight excluding hydrogens is 428 g/mol. The first-order valence-electron chi connectivity index (χ1n) is 6.62. The quantitative estimate of drug-likeness (QED) is 0.351. The molecule has 2 aromatic carbocycles. The van der Waals surface area contributed by atoms with E-state index in [0.717, 1.165) is 24.3 Å². The van der Waals surface area contributed by atoms with Gasteiger partial charge in [0.2, 0.25) is 0 Å². The topological polar surface area (TPSA) is 46.3 Å². The van der Waals surface area contributed by atoms with Crippen molar-refractivity contribution in [1.29, 1.82) is 0 Å². The average Bonchev–Trinajstić information content (AvgIpc) is 2.46. The lowest BCUT2D eigenvalue weighted by molar-refractivity contribution is 0.509. The molecule has 0 fully saturated rings. The first kappa shape index (κ1) is 19.2. The van der Waals surface area contributed by atoms with Crippen LogP contribution in [0, 0.1) is 11.6 Å². The predicted molar refractivity (Wildman–Crippen MR) is 86.0 cm³/mol. The summed E-state index contributed by atoms with van der Waals surface area (Å²) in [6, 6.07) is 7.83. The third kappa shape index (κ3) is 4.40. The molecule has 26 heavy (non-hydrogen) atoms. The molecule has 0 aromatic heterocycles.